The number of pyridine rings is 1. The average Bonchev–Trinajstić information content (AvgIpc) is 3.01. The molecule has 4 heteroatoms. The summed E-state index contributed by atoms with van der Waals surface area (Å²) in [7, 11) is 0. The van der Waals surface area contributed by atoms with E-state index in [1.807, 2.05) is 11.1 Å². The molecule has 1 unspecified atom stereocenters. The highest BCUT2D eigenvalue weighted by Crippen LogP contribution is 2.28. The number of nitrogens with zero attached hydrogens (tertiary/aromatic N) is 3. The highest BCUT2D eigenvalue weighted by molar-refractivity contribution is 5.82. The van der Waals surface area contributed by atoms with E-state index in [1.165, 1.54) is 23.1 Å². The summed E-state index contributed by atoms with van der Waals surface area (Å²) < 4.78 is 2.09. The molecule has 4 nitrogen and oxygen atoms in total. The third kappa shape index (κ3) is 3.56. The van der Waals surface area contributed by atoms with Crippen LogP contribution in [0.25, 0.3) is 16.9 Å². The summed E-state index contributed by atoms with van der Waals surface area (Å²) in [6.07, 6.45) is 4.75. The van der Waals surface area contributed by atoms with Gasteiger partial charge in [0, 0.05) is 24.8 Å². The fraction of sp³-hybridized carbons (Fsp3) is 0.417. The highest BCUT2D eigenvalue weighted by atomic mass is 16.2. The van der Waals surface area contributed by atoms with Crippen molar-refractivity contribution in [1.82, 2.24) is 14.3 Å². The van der Waals surface area contributed by atoms with E-state index in [1.54, 1.807) is 0 Å². The van der Waals surface area contributed by atoms with Crippen LogP contribution in [0.5, 0.6) is 0 Å². The molecule has 0 saturated carbocycles. The van der Waals surface area contributed by atoms with Gasteiger partial charge in [-0.2, -0.15) is 0 Å². The molecule has 1 atom stereocenters. The standard InChI is InChI=1S/C24H29N3O/c1-16-9-11-27-21(14-23(28)26-10-5-6-17(2)15-26)24(25-22(27)12-16)20-8-7-18(3)19(4)13-20/h7-9,11-13,17H,5-6,10,14-15H2,1-4H3. The van der Waals surface area contributed by atoms with Gasteiger partial charge in [0.2, 0.25) is 5.91 Å². The molecule has 28 heavy (non-hydrogen) atoms. The number of fused-ring (bicyclic) bond motifs is 1. The molecule has 0 N–H and O–H groups in total. The SMILES string of the molecule is Cc1ccn2c(CC(=O)N3CCCC(C)C3)c(-c3ccc(C)c(C)c3)nc2c1. The van der Waals surface area contributed by atoms with Gasteiger partial charge in [0.25, 0.3) is 0 Å². The number of aromatic nitrogens is 2. The topological polar surface area (TPSA) is 37.6 Å². The van der Waals surface area contributed by atoms with Crippen LogP contribution in [0.2, 0.25) is 0 Å². The third-order valence-electron chi connectivity index (χ3n) is 5.99. The maximum absolute atomic E-state index is 13.1. The van der Waals surface area contributed by atoms with Gasteiger partial charge in [0.15, 0.2) is 0 Å². The van der Waals surface area contributed by atoms with Crippen molar-refractivity contribution in [1.29, 1.82) is 0 Å². The molecule has 1 fully saturated rings. The summed E-state index contributed by atoms with van der Waals surface area (Å²) in [4.78, 5) is 20.1. The molecule has 1 amide bonds. The molecule has 1 saturated heterocycles. The van der Waals surface area contributed by atoms with Crippen molar-refractivity contribution >= 4 is 11.6 Å². The largest absolute Gasteiger partial charge is 0.342 e. The fourth-order valence-corrected chi connectivity index (χ4v) is 4.16. The molecule has 3 aromatic rings. The molecule has 146 valence electrons. The zero-order valence-corrected chi connectivity index (χ0v) is 17.3. The minimum absolute atomic E-state index is 0.207. The predicted molar refractivity (Wildman–Crippen MR) is 114 cm³/mol. The van der Waals surface area contributed by atoms with Gasteiger partial charge in [-0.15, -0.1) is 0 Å². The number of hydrogen-bond acceptors (Lipinski definition) is 2. The maximum Gasteiger partial charge on any atom is 0.228 e. The Labute approximate surface area is 167 Å². The third-order valence-corrected chi connectivity index (χ3v) is 5.99. The molecule has 0 aliphatic carbocycles. The first-order valence-corrected chi connectivity index (χ1v) is 10.3. The molecule has 1 aliphatic rings. The lowest BCUT2D eigenvalue weighted by Crippen LogP contribution is -2.40. The van der Waals surface area contributed by atoms with Crippen molar-refractivity contribution in [2.45, 2.75) is 47.0 Å². The zero-order chi connectivity index (χ0) is 19.8. The Morgan fingerprint density at radius 3 is 2.71 bits per heavy atom. The van der Waals surface area contributed by atoms with Crippen LogP contribution in [0.1, 0.15) is 42.1 Å². The number of likely N-dealkylation sites (tertiary alicyclic amines) is 1. The van der Waals surface area contributed by atoms with Gasteiger partial charge in [0.05, 0.1) is 17.8 Å². The smallest absolute Gasteiger partial charge is 0.228 e. The van der Waals surface area contributed by atoms with Crippen LogP contribution in [0.3, 0.4) is 0 Å². The van der Waals surface area contributed by atoms with Crippen LogP contribution >= 0.6 is 0 Å². The maximum atomic E-state index is 13.1. The second kappa shape index (κ2) is 7.42. The number of carbonyl (C=O) groups is 1. The van der Waals surface area contributed by atoms with Gasteiger partial charge in [-0.1, -0.05) is 19.1 Å². The molecule has 0 bridgehead atoms. The number of rotatable bonds is 3. The molecule has 4 rings (SSSR count). The van der Waals surface area contributed by atoms with Crippen LogP contribution in [0.4, 0.5) is 0 Å². The molecule has 2 aromatic heterocycles. The van der Waals surface area contributed by atoms with Crippen molar-refractivity contribution in [3.05, 3.63) is 58.9 Å². The summed E-state index contributed by atoms with van der Waals surface area (Å²) in [5.41, 5.74) is 7.58. The summed E-state index contributed by atoms with van der Waals surface area (Å²) in [5.74, 6) is 0.792. The zero-order valence-electron chi connectivity index (χ0n) is 17.3. The first-order chi connectivity index (χ1) is 13.4. The van der Waals surface area contributed by atoms with Crippen molar-refractivity contribution in [2.24, 2.45) is 5.92 Å². The summed E-state index contributed by atoms with van der Waals surface area (Å²) >= 11 is 0. The van der Waals surface area contributed by atoms with Crippen molar-refractivity contribution in [2.75, 3.05) is 13.1 Å². The summed E-state index contributed by atoms with van der Waals surface area (Å²) in [6.45, 7) is 10.3. The quantitative estimate of drug-likeness (QED) is 0.664. The number of piperidine rings is 1. The van der Waals surface area contributed by atoms with E-state index >= 15 is 0 Å². The van der Waals surface area contributed by atoms with Gasteiger partial charge in [-0.25, -0.2) is 4.98 Å². The number of amides is 1. The van der Waals surface area contributed by atoms with Crippen LogP contribution in [0, 0.1) is 26.7 Å². The summed E-state index contributed by atoms with van der Waals surface area (Å²) in [6, 6.07) is 10.6. The Morgan fingerprint density at radius 2 is 1.96 bits per heavy atom. The lowest BCUT2D eigenvalue weighted by molar-refractivity contribution is -0.132. The minimum Gasteiger partial charge on any atom is -0.342 e. The van der Waals surface area contributed by atoms with Crippen LogP contribution < -0.4 is 0 Å². The van der Waals surface area contributed by atoms with Crippen LogP contribution in [0.15, 0.2) is 36.5 Å². The van der Waals surface area contributed by atoms with Crippen LogP contribution in [-0.4, -0.2) is 33.3 Å². The lowest BCUT2D eigenvalue weighted by atomic mass is 9.99. The number of carbonyl (C=O) groups excluding carboxylic acids is 1. The van der Waals surface area contributed by atoms with Gasteiger partial charge >= 0.3 is 0 Å². The van der Waals surface area contributed by atoms with Crippen LogP contribution in [-0.2, 0) is 11.2 Å². The fourth-order valence-electron chi connectivity index (χ4n) is 4.16. The molecular formula is C24H29N3O. The van der Waals surface area contributed by atoms with E-state index in [-0.39, 0.29) is 5.91 Å². The molecule has 0 spiro atoms. The Kier molecular flexibility index (Phi) is 4.96. The van der Waals surface area contributed by atoms with E-state index in [2.05, 4.69) is 62.4 Å². The van der Waals surface area contributed by atoms with E-state index in [4.69, 9.17) is 4.98 Å². The number of aryl methyl sites for hydroxylation is 3. The first kappa shape index (κ1) is 18.7. The van der Waals surface area contributed by atoms with Crippen molar-refractivity contribution in [3.63, 3.8) is 0 Å². The second-order valence-electron chi connectivity index (χ2n) is 8.40. The van der Waals surface area contributed by atoms with Crippen molar-refractivity contribution in [3.8, 4) is 11.3 Å². The summed E-state index contributed by atoms with van der Waals surface area (Å²) in [5, 5.41) is 0. The van der Waals surface area contributed by atoms with Gasteiger partial charge in [-0.3, -0.25) is 4.79 Å². The van der Waals surface area contributed by atoms with E-state index in [0.717, 1.165) is 42.1 Å². The molecular weight excluding hydrogens is 346 g/mol. The van der Waals surface area contributed by atoms with E-state index in [9.17, 15) is 4.79 Å². The lowest BCUT2D eigenvalue weighted by Gasteiger charge is -2.31. The second-order valence-corrected chi connectivity index (χ2v) is 8.40. The highest BCUT2D eigenvalue weighted by Gasteiger charge is 2.24. The Balaban J connectivity index is 1.76. The average molecular weight is 376 g/mol. The van der Waals surface area contributed by atoms with Gasteiger partial charge < -0.3 is 9.30 Å². The molecule has 0 radical (unpaired) electrons. The van der Waals surface area contributed by atoms with E-state index in [0.29, 0.717) is 12.3 Å². The number of benzene rings is 1. The monoisotopic (exact) mass is 375 g/mol. The Hall–Kier alpha value is -2.62. The molecule has 1 aliphatic heterocycles. The minimum atomic E-state index is 0.207. The first-order valence-electron chi connectivity index (χ1n) is 10.3. The predicted octanol–water partition coefficient (Wildman–Crippen LogP) is 4.73. The van der Waals surface area contributed by atoms with Crippen molar-refractivity contribution < 1.29 is 4.79 Å². The Morgan fingerprint density at radius 1 is 1.14 bits per heavy atom. The van der Waals surface area contributed by atoms with Gasteiger partial charge in [0.1, 0.15) is 5.65 Å². The number of hydrogen-bond donors (Lipinski definition) is 0. The normalized spacial score (nSPS) is 17.3. The van der Waals surface area contributed by atoms with E-state index < -0.39 is 0 Å². The van der Waals surface area contributed by atoms with Gasteiger partial charge in [-0.05, 0) is 74.4 Å². The molecule has 1 aromatic carbocycles. The molecule has 3 heterocycles. The number of imidazole rings is 1. The Bertz CT molecular complexity index is 1030.